The van der Waals surface area contributed by atoms with Crippen LogP contribution in [0.5, 0.6) is 0 Å². The molecule has 4 heteroatoms. The highest BCUT2D eigenvalue weighted by Gasteiger charge is 2.32. The molecule has 0 unspecified atom stereocenters. The fourth-order valence-electron chi connectivity index (χ4n) is 5.71. The second kappa shape index (κ2) is 10.5. The van der Waals surface area contributed by atoms with E-state index in [0.29, 0.717) is 6.04 Å². The quantitative estimate of drug-likeness (QED) is 0.303. The number of likely N-dealkylation sites (tertiary alicyclic amines) is 1. The lowest BCUT2D eigenvalue weighted by Crippen LogP contribution is -2.51. The van der Waals surface area contributed by atoms with E-state index in [2.05, 4.69) is 81.9 Å². The van der Waals surface area contributed by atoms with Crippen molar-refractivity contribution in [2.45, 2.75) is 37.9 Å². The summed E-state index contributed by atoms with van der Waals surface area (Å²) in [5, 5.41) is 7.14. The van der Waals surface area contributed by atoms with Crippen LogP contribution in [0.3, 0.4) is 0 Å². The van der Waals surface area contributed by atoms with Gasteiger partial charge in [-0.1, -0.05) is 84.9 Å². The molecule has 0 bridgehead atoms. The number of carbonyl (C=O) groups excluding carboxylic acids is 1. The molecule has 1 N–H and O–H groups in total. The van der Waals surface area contributed by atoms with Gasteiger partial charge in [-0.3, -0.25) is 9.78 Å². The lowest BCUT2D eigenvalue weighted by Gasteiger charge is -2.40. The zero-order valence-corrected chi connectivity index (χ0v) is 20.9. The largest absolute Gasteiger partial charge is 0.335 e. The third-order valence-electron chi connectivity index (χ3n) is 7.63. The highest BCUT2D eigenvalue weighted by atomic mass is 16.2. The maximum absolute atomic E-state index is 13.9. The third-order valence-corrected chi connectivity index (χ3v) is 7.63. The van der Waals surface area contributed by atoms with Gasteiger partial charge in [-0.25, -0.2) is 0 Å². The first-order chi connectivity index (χ1) is 18.3. The van der Waals surface area contributed by atoms with Crippen molar-refractivity contribution in [3.63, 3.8) is 0 Å². The molecule has 5 aromatic rings. The van der Waals surface area contributed by atoms with E-state index in [1.165, 1.54) is 16.5 Å². The number of para-hydroxylation sites is 1. The maximum Gasteiger partial charge on any atom is 0.254 e. The number of hydrogen-bond acceptors (Lipinski definition) is 3. The summed E-state index contributed by atoms with van der Waals surface area (Å²) in [6.45, 7) is 1.54. The highest BCUT2D eigenvalue weighted by molar-refractivity contribution is 6.07. The zero-order valence-electron chi connectivity index (χ0n) is 20.9. The van der Waals surface area contributed by atoms with Crippen LogP contribution in [0.15, 0.2) is 109 Å². The lowest BCUT2D eigenvalue weighted by molar-refractivity contribution is 0.0578. The van der Waals surface area contributed by atoms with Gasteiger partial charge >= 0.3 is 0 Å². The summed E-state index contributed by atoms with van der Waals surface area (Å²) in [6.07, 6.45) is 4.61. The minimum atomic E-state index is 0.134. The minimum Gasteiger partial charge on any atom is -0.335 e. The van der Waals surface area contributed by atoms with Crippen LogP contribution in [0.25, 0.3) is 21.7 Å². The average molecular weight is 486 g/mol. The number of nitrogens with zero attached hydrogens (tertiary/aromatic N) is 2. The molecule has 0 radical (unpaired) electrons. The number of piperidine rings is 1. The molecule has 184 valence electrons. The van der Waals surface area contributed by atoms with Crippen LogP contribution in [-0.2, 0) is 13.0 Å². The summed E-state index contributed by atoms with van der Waals surface area (Å²) < 4.78 is 0. The molecule has 1 aliphatic rings. The first-order valence-corrected chi connectivity index (χ1v) is 13.1. The Bertz CT molecular complexity index is 1520. The van der Waals surface area contributed by atoms with Gasteiger partial charge in [-0.2, -0.15) is 0 Å². The van der Waals surface area contributed by atoms with E-state index in [9.17, 15) is 4.79 Å². The van der Waals surface area contributed by atoms with E-state index >= 15 is 0 Å². The summed E-state index contributed by atoms with van der Waals surface area (Å²) >= 11 is 0. The zero-order chi connectivity index (χ0) is 25.0. The van der Waals surface area contributed by atoms with Gasteiger partial charge in [-0.05, 0) is 59.4 Å². The first kappa shape index (κ1) is 23.4. The van der Waals surface area contributed by atoms with Crippen molar-refractivity contribution in [1.29, 1.82) is 0 Å². The van der Waals surface area contributed by atoms with Crippen LogP contribution in [-0.4, -0.2) is 34.4 Å². The fourth-order valence-corrected chi connectivity index (χ4v) is 5.71. The van der Waals surface area contributed by atoms with Crippen molar-refractivity contribution >= 4 is 27.6 Å². The fraction of sp³-hybridized carbons (Fsp3) is 0.212. The van der Waals surface area contributed by atoms with Gasteiger partial charge in [-0.15, -0.1) is 0 Å². The number of rotatable bonds is 6. The smallest absolute Gasteiger partial charge is 0.254 e. The molecular weight excluding hydrogens is 454 g/mol. The Morgan fingerprint density at radius 3 is 2.49 bits per heavy atom. The van der Waals surface area contributed by atoms with Crippen LogP contribution in [0.2, 0.25) is 0 Å². The van der Waals surface area contributed by atoms with Gasteiger partial charge in [0.05, 0.1) is 5.52 Å². The second-order valence-corrected chi connectivity index (χ2v) is 9.96. The molecule has 2 atom stereocenters. The predicted molar refractivity (Wildman–Crippen MR) is 151 cm³/mol. The number of hydrogen-bond donors (Lipinski definition) is 1. The van der Waals surface area contributed by atoms with Crippen LogP contribution in [0.4, 0.5) is 0 Å². The second-order valence-electron chi connectivity index (χ2n) is 9.96. The van der Waals surface area contributed by atoms with Crippen LogP contribution >= 0.6 is 0 Å². The molecule has 0 aliphatic carbocycles. The summed E-state index contributed by atoms with van der Waals surface area (Å²) in [5.74, 6) is 0.135. The van der Waals surface area contributed by atoms with E-state index in [1.54, 1.807) is 0 Å². The van der Waals surface area contributed by atoms with Gasteiger partial charge in [0.25, 0.3) is 5.91 Å². The molecule has 0 saturated carbocycles. The number of fused-ring (bicyclic) bond motifs is 2. The van der Waals surface area contributed by atoms with Crippen molar-refractivity contribution in [3.8, 4) is 0 Å². The molecule has 4 aromatic carbocycles. The molecule has 1 aromatic heterocycles. The lowest BCUT2D eigenvalue weighted by atomic mass is 9.90. The van der Waals surface area contributed by atoms with Gasteiger partial charge in [0, 0.05) is 42.3 Å². The number of amides is 1. The van der Waals surface area contributed by atoms with Gasteiger partial charge in [0.1, 0.15) is 0 Å². The number of carbonyl (C=O) groups is 1. The molecule has 0 spiro atoms. The summed E-state index contributed by atoms with van der Waals surface area (Å²) in [4.78, 5) is 20.6. The van der Waals surface area contributed by atoms with E-state index in [1.807, 2.05) is 42.6 Å². The Morgan fingerprint density at radius 1 is 0.838 bits per heavy atom. The molecule has 1 aliphatic heterocycles. The van der Waals surface area contributed by atoms with Gasteiger partial charge < -0.3 is 10.2 Å². The Labute approximate surface area is 218 Å². The Kier molecular flexibility index (Phi) is 6.66. The van der Waals surface area contributed by atoms with Gasteiger partial charge in [0.2, 0.25) is 0 Å². The summed E-state index contributed by atoms with van der Waals surface area (Å²) in [5.41, 5.74) is 4.36. The Balaban J connectivity index is 1.24. The Morgan fingerprint density at radius 2 is 1.59 bits per heavy atom. The normalized spacial score (nSPS) is 17.8. The molecule has 1 saturated heterocycles. The predicted octanol–water partition coefficient (Wildman–Crippen LogP) is 6.39. The summed E-state index contributed by atoms with van der Waals surface area (Å²) in [6, 6.07) is 35.7. The van der Waals surface area contributed by atoms with E-state index in [0.717, 1.165) is 54.2 Å². The van der Waals surface area contributed by atoms with Crippen molar-refractivity contribution in [2.75, 3.05) is 6.54 Å². The SMILES string of the molecule is O=C(c1cccc2ccccc12)N1CC[C@H](NCc2ccnc3ccccc23)C[C@H]1Cc1ccccc1. The van der Waals surface area contributed by atoms with E-state index in [-0.39, 0.29) is 11.9 Å². The molecule has 37 heavy (non-hydrogen) atoms. The number of aromatic nitrogens is 1. The minimum absolute atomic E-state index is 0.134. The van der Waals surface area contributed by atoms with Crippen molar-refractivity contribution in [3.05, 3.63) is 126 Å². The third kappa shape index (κ3) is 4.98. The highest BCUT2D eigenvalue weighted by Crippen LogP contribution is 2.27. The van der Waals surface area contributed by atoms with Crippen molar-refractivity contribution < 1.29 is 4.79 Å². The van der Waals surface area contributed by atoms with E-state index in [4.69, 9.17) is 0 Å². The standard InChI is InChI=1S/C33H31N3O/c37-33(31-15-8-12-25-11-4-5-13-29(25)31)36-20-18-27(22-28(36)21-24-9-2-1-3-10-24)35-23-26-17-19-34-32-16-7-6-14-30(26)32/h1-17,19,27-28,35H,18,20-23H2/t27-,28+/m0/s1. The first-order valence-electron chi connectivity index (χ1n) is 13.1. The van der Waals surface area contributed by atoms with Crippen LogP contribution < -0.4 is 5.32 Å². The molecule has 4 nitrogen and oxygen atoms in total. The van der Waals surface area contributed by atoms with E-state index < -0.39 is 0 Å². The molecule has 1 fully saturated rings. The number of nitrogens with one attached hydrogen (secondary N) is 1. The molecular formula is C33H31N3O. The molecule has 6 rings (SSSR count). The van der Waals surface area contributed by atoms with Gasteiger partial charge in [0.15, 0.2) is 0 Å². The van der Waals surface area contributed by atoms with Crippen molar-refractivity contribution in [2.24, 2.45) is 0 Å². The van der Waals surface area contributed by atoms with Crippen LogP contribution in [0.1, 0.15) is 34.3 Å². The number of benzene rings is 4. The molecule has 2 heterocycles. The van der Waals surface area contributed by atoms with Crippen molar-refractivity contribution in [1.82, 2.24) is 15.2 Å². The molecule has 1 amide bonds. The number of pyridine rings is 1. The maximum atomic E-state index is 13.9. The Hall–Kier alpha value is -4.02. The monoisotopic (exact) mass is 485 g/mol. The van der Waals surface area contributed by atoms with Crippen LogP contribution in [0, 0.1) is 0 Å². The summed E-state index contributed by atoms with van der Waals surface area (Å²) in [7, 11) is 0. The average Bonchev–Trinajstić information content (AvgIpc) is 2.96. The topological polar surface area (TPSA) is 45.2 Å².